The highest BCUT2D eigenvalue weighted by Crippen LogP contribution is 2.35. The summed E-state index contributed by atoms with van der Waals surface area (Å²) in [5.41, 5.74) is 10.4. The van der Waals surface area contributed by atoms with E-state index in [1.165, 1.54) is 0 Å². The van der Waals surface area contributed by atoms with Crippen molar-refractivity contribution in [3.8, 4) is 5.75 Å². The van der Waals surface area contributed by atoms with Crippen LogP contribution in [0.5, 0.6) is 5.75 Å². The fraction of sp³-hybridized carbons (Fsp3) is 0.417. The second-order valence-electron chi connectivity index (χ2n) is 9.15. The molecular formula is C24H26F2N8O. The number of fused-ring (bicyclic) bond motifs is 4. The number of hydrogen-bond acceptors (Lipinski definition) is 8. The summed E-state index contributed by atoms with van der Waals surface area (Å²) in [6, 6.07) is 7.53. The van der Waals surface area contributed by atoms with Crippen molar-refractivity contribution in [1.29, 1.82) is 0 Å². The van der Waals surface area contributed by atoms with Crippen molar-refractivity contribution < 1.29 is 13.5 Å². The maximum Gasteiger partial charge on any atom is 0.266 e. The number of benzene rings is 1. The first-order valence-electron chi connectivity index (χ1n) is 11.7. The number of nitrogens with zero attached hydrogens (tertiary/aromatic N) is 7. The summed E-state index contributed by atoms with van der Waals surface area (Å²) in [7, 11) is 1.60. The van der Waals surface area contributed by atoms with Crippen molar-refractivity contribution in [3.05, 3.63) is 47.5 Å². The number of hydrogen-bond donors (Lipinski definition) is 1. The van der Waals surface area contributed by atoms with Crippen LogP contribution in [0.1, 0.15) is 23.5 Å². The number of nitrogens with two attached hydrogens (primary N) is 1. The largest absolute Gasteiger partial charge is 0.494 e. The molecule has 1 saturated heterocycles. The van der Waals surface area contributed by atoms with Crippen molar-refractivity contribution in [2.24, 2.45) is 0 Å². The number of aromatic nitrogens is 5. The lowest BCUT2D eigenvalue weighted by Crippen LogP contribution is -2.34. The Balaban J connectivity index is 1.20. The van der Waals surface area contributed by atoms with Gasteiger partial charge in [-0.05, 0) is 30.2 Å². The van der Waals surface area contributed by atoms with Crippen molar-refractivity contribution in [3.63, 3.8) is 0 Å². The van der Waals surface area contributed by atoms with Gasteiger partial charge in [0.1, 0.15) is 11.3 Å². The van der Waals surface area contributed by atoms with E-state index in [1.54, 1.807) is 22.7 Å². The van der Waals surface area contributed by atoms with Crippen LogP contribution in [-0.2, 0) is 19.4 Å². The molecular weight excluding hydrogens is 454 g/mol. The second-order valence-corrected chi connectivity index (χ2v) is 9.15. The third kappa shape index (κ3) is 3.89. The molecule has 5 heterocycles. The topological polar surface area (TPSA) is 97.7 Å². The Kier molecular flexibility index (Phi) is 5.17. The van der Waals surface area contributed by atoms with E-state index in [4.69, 9.17) is 15.5 Å². The molecule has 2 aliphatic rings. The molecule has 0 saturated carbocycles. The first-order chi connectivity index (χ1) is 16.9. The molecule has 0 atom stereocenters. The first-order valence-corrected chi connectivity index (χ1v) is 11.7. The van der Waals surface area contributed by atoms with Crippen molar-refractivity contribution >= 4 is 28.2 Å². The summed E-state index contributed by atoms with van der Waals surface area (Å²) < 4.78 is 34.5. The molecule has 182 valence electrons. The Morgan fingerprint density at radius 3 is 2.86 bits per heavy atom. The minimum Gasteiger partial charge on any atom is -0.494 e. The molecule has 0 radical (unpaired) electrons. The van der Waals surface area contributed by atoms with Crippen LogP contribution in [0.2, 0.25) is 0 Å². The van der Waals surface area contributed by atoms with Gasteiger partial charge in [-0.1, -0.05) is 6.07 Å². The van der Waals surface area contributed by atoms with Crippen LogP contribution in [0.15, 0.2) is 30.5 Å². The Labute approximate surface area is 200 Å². The molecule has 0 aliphatic carbocycles. The molecule has 1 fully saturated rings. The number of rotatable bonds is 5. The summed E-state index contributed by atoms with van der Waals surface area (Å²) in [5.74, 6) is -1.04. The summed E-state index contributed by atoms with van der Waals surface area (Å²) >= 11 is 0. The van der Waals surface area contributed by atoms with Gasteiger partial charge in [0, 0.05) is 56.3 Å². The molecule has 6 rings (SSSR count). The van der Waals surface area contributed by atoms with Gasteiger partial charge in [-0.2, -0.15) is 4.52 Å². The van der Waals surface area contributed by atoms with Gasteiger partial charge in [-0.25, -0.2) is 18.7 Å². The van der Waals surface area contributed by atoms with Gasteiger partial charge in [-0.15, -0.1) is 5.10 Å². The van der Waals surface area contributed by atoms with Gasteiger partial charge in [0.2, 0.25) is 5.95 Å². The summed E-state index contributed by atoms with van der Waals surface area (Å²) in [6.07, 6.45) is 3.05. The molecule has 1 aromatic carbocycles. The molecule has 2 aliphatic heterocycles. The summed E-state index contributed by atoms with van der Waals surface area (Å²) in [5, 5.41) is 5.41. The lowest BCUT2D eigenvalue weighted by molar-refractivity contribution is 0.0257. The fourth-order valence-corrected chi connectivity index (χ4v) is 5.12. The fourth-order valence-electron chi connectivity index (χ4n) is 5.12. The van der Waals surface area contributed by atoms with E-state index in [-0.39, 0.29) is 18.9 Å². The maximum absolute atomic E-state index is 13.8. The zero-order valence-corrected chi connectivity index (χ0v) is 19.4. The molecule has 0 bridgehead atoms. The van der Waals surface area contributed by atoms with Crippen molar-refractivity contribution in [2.75, 3.05) is 43.9 Å². The van der Waals surface area contributed by atoms with Crippen LogP contribution >= 0.6 is 0 Å². The molecule has 3 aromatic heterocycles. The molecule has 0 spiro atoms. The smallest absolute Gasteiger partial charge is 0.266 e. The quantitative estimate of drug-likeness (QED) is 0.466. The zero-order chi connectivity index (χ0) is 24.2. The Bertz CT molecular complexity index is 1420. The highest BCUT2D eigenvalue weighted by atomic mass is 19.3. The second kappa shape index (κ2) is 8.26. The van der Waals surface area contributed by atoms with E-state index < -0.39 is 5.92 Å². The van der Waals surface area contributed by atoms with Crippen molar-refractivity contribution in [1.82, 2.24) is 29.5 Å². The van der Waals surface area contributed by atoms with Gasteiger partial charge in [0.05, 0.1) is 19.3 Å². The predicted octanol–water partition coefficient (Wildman–Crippen LogP) is 2.71. The van der Waals surface area contributed by atoms with E-state index >= 15 is 0 Å². The molecule has 9 nitrogen and oxygen atoms in total. The van der Waals surface area contributed by atoms with Gasteiger partial charge >= 0.3 is 0 Å². The third-order valence-corrected chi connectivity index (χ3v) is 6.89. The highest BCUT2D eigenvalue weighted by Gasteiger charge is 2.39. The number of halogens is 2. The minimum absolute atomic E-state index is 0.0929. The number of nitrogen functional groups attached to an aromatic ring is 1. The number of anilines is 2. The average Bonchev–Trinajstić information content (AvgIpc) is 3.45. The van der Waals surface area contributed by atoms with Gasteiger partial charge in [-0.3, -0.25) is 9.88 Å². The average molecular weight is 481 g/mol. The van der Waals surface area contributed by atoms with E-state index in [2.05, 4.69) is 20.0 Å². The van der Waals surface area contributed by atoms with Crippen LogP contribution in [0, 0.1) is 0 Å². The first kappa shape index (κ1) is 21.9. The third-order valence-electron chi connectivity index (χ3n) is 6.89. The minimum atomic E-state index is -2.62. The highest BCUT2D eigenvalue weighted by molar-refractivity contribution is 5.95. The lowest BCUT2D eigenvalue weighted by Gasteiger charge is -2.31. The number of pyridine rings is 1. The van der Waals surface area contributed by atoms with E-state index in [1.807, 2.05) is 24.3 Å². The Morgan fingerprint density at radius 1 is 1.17 bits per heavy atom. The van der Waals surface area contributed by atoms with E-state index in [9.17, 15) is 8.78 Å². The zero-order valence-electron chi connectivity index (χ0n) is 19.4. The summed E-state index contributed by atoms with van der Waals surface area (Å²) in [4.78, 5) is 17.9. The van der Waals surface area contributed by atoms with Crippen LogP contribution in [0.3, 0.4) is 0 Å². The van der Waals surface area contributed by atoms with Crippen LogP contribution in [0.4, 0.5) is 20.4 Å². The number of para-hydroxylation sites is 1. The molecule has 35 heavy (non-hydrogen) atoms. The standard InChI is InChI=1S/C24H26F2N8O/c1-35-19-4-2-3-16-21(19)30-23(27)34-22(16)29-20(31-34)7-11-32-10-6-15-17(13-32)28-9-5-18(15)33-12-8-24(25,26)14-33/h2-5,9H,6-8,10-14H2,1H3,(H2,27,30). The SMILES string of the molecule is COc1cccc2c1nc(N)n1nc(CCN3CCc4c(N5CCC(F)(F)C5)ccnc4C3)nc21. The Morgan fingerprint density at radius 2 is 2.06 bits per heavy atom. The molecule has 11 heteroatoms. The van der Waals surface area contributed by atoms with E-state index in [0.717, 1.165) is 41.8 Å². The number of ether oxygens (including phenoxy) is 1. The van der Waals surface area contributed by atoms with Crippen LogP contribution in [-0.4, -0.2) is 68.7 Å². The number of methoxy groups -OCH3 is 1. The molecule has 0 unspecified atom stereocenters. The van der Waals surface area contributed by atoms with Crippen LogP contribution in [0.25, 0.3) is 16.6 Å². The number of alkyl halides is 2. The molecule has 2 N–H and O–H groups in total. The maximum atomic E-state index is 13.8. The predicted molar refractivity (Wildman–Crippen MR) is 128 cm³/mol. The monoisotopic (exact) mass is 480 g/mol. The van der Waals surface area contributed by atoms with Crippen molar-refractivity contribution in [2.45, 2.75) is 31.7 Å². The molecule has 4 aromatic rings. The van der Waals surface area contributed by atoms with Gasteiger partial charge in [0.25, 0.3) is 5.92 Å². The normalized spacial score (nSPS) is 17.9. The van der Waals surface area contributed by atoms with Gasteiger partial charge < -0.3 is 15.4 Å². The lowest BCUT2D eigenvalue weighted by atomic mass is 10.0. The van der Waals surface area contributed by atoms with Gasteiger partial charge in [0.15, 0.2) is 11.5 Å². The molecule has 0 amide bonds. The van der Waals surface area contributed by atoms with Crippen LogP contribution < -0.4 is 15.4 Å². The summed E-state index contributed by atoms with van der Waals surface area (Å²) in [6.45, 7) is 2.41. The van der Waals surface area contributed by atoms with E-state index in [0.29, 0.717) is 42.2 Å². The Hall–Kier alpha value is -3.60.